The van der Waals surface area contributed by atoms with Gasteiger partial charge in [-0.1, -0.05) is 91.0 Å². The molecule has 64 heavy (non-hydrogen) atoms. The summed E-state index contributed by atoms with van der Waals surface area (Å²) in [6.45, 7) is 9.28. The summed E-state index contributed by atoms with van der Waals surface area (Å²) in [5, 5.41) is 2.79. The Kier molecular flexibility index (Phi) is 17.9. The standard InChI is InChI=1S/C51H62FN3O9/c1-35(63-45-22-14-13-20-40(45)21-15-29-53-49(59)62-34-39-18-11-8-12-19-39)32-55(50(60)64-51(3,4)5)46(41-25-26-41)47(57)54(6)36(2)44(56)31-42(30-37-23-27-43(52)28-24-37)48(58)61-33-38-16-9-7-10-17-38/h7-14,16-20,22-24,27-28,35-36,41-42,46H,15,21,25-26,29-34H2,1-6H3,(H,53,59)/t35-,36-,42+,46+/m1/s1. The van der Waals surface area contributed by atoms with Crippen LogP contribution in [0.2, 0.25) is 0 Å². The van der Waals surface area contributed by atoms with Gasteiger partial charge in [0.25, 0.3) is 0 Å². The molecular weight excluding hydrogens is 818 g/mol. The number of likely N-dealkylation sites (N-methyl/N-ethyl adjacent to an activating group) is 1. The fraction of sp³-hybridized carbons (Fsp3) is 0.431. The second kappa shape index (κ2) is 23.4. The minimum absolute atomic E-state index is 0.00807. The Balaban J connectivity index is 1.25. The van der Waals surface area contributed by atoms with E-state index in [0.29, 0.717) is 43.5 Å². The Bertz CT molecular complexity index is 2140. The first-order valence-corrected chi connectivity index (χ1v) is 22.0. The van der Waals surface area contributed by atoms with Gasteiger partial charge in [0.15, 0.2) is 5.78 Å². The summed E-state index contributed by atoms with van der Waals surface area (Å²) in [6, 6.07) is 30.0. The number of hydrogen-bond acceptors (Lipinski definition) is 9. The zero-order valence-electron chi connectivity index (χ0n) is 37.8. The van der Waals surface area contributed by atoms with E-state index in [1.807, 2.05) is 91.9 Å². The molecule has 0 aromatic heterocycles. The molecule has 3 amide bonds. The number of Topliss-reactive ketones (excluding diaryl/α,β-unsaturated/α-hetero) is 1. The maximum atomic E-state index is 14.6. The van der Waals surface area contributed by atoms with Crippen molar-refractivity contribution in [2.45, 2.75) is 110 Å². The predicted molar refractivity (Wildman–Crippen MR) is 241 cm³/mol. The molecule has 0 radical (unpaired) electrons. The molecule has 5 rings (SSSR count). The number of nitrogens with zero attached hydrogens (tertiary/aromatic N) is 2. The Morgan fingerprint density at radius 3 is 1.98 bits per heavy atom. The largest absolute Gasteiger partial charge is 0.489 e. The smallest absolute Gasteiger partial charge is 0.411 e. The number of carbonyl (C=O) groups is 5. The van der Waals surface area contributed by atoms with Crippen LogP contribution in [0.25, 0.3) is 0 Å². The first-order valence-electron chi connectivity index (χ1n) is 22.0. The maximum absolute atomic E-state index is 14.6. The molecule has 0 spiro atoms. The molecule has 0 aliphatic heterocycles. The first-order chi connectivity index (χ1) is 30.6. The summed E-state index contributed by atoms with van der Waals surface area (Å²) < 4.78 is 37.1. The van der Waals surface area contributed by atoms with Crippen molar-refractivity contribution in [1.29, 1.82) is 0 Å². The highest BCUT2D eigenvalue weighted by Crippen LogP contribution is 2.37. The third kappa shape index (κ3) is 15.5. The third-order valence-electron chi connectivity index (χ3n) is 10.9. The monoisotopic (exact) mass is 879 g/mol. The normalized spacial score (nSPS) is 14.2. The van der Waals surface area contributed by atoms with E-state index in [2.05, 4.69) is 5.32 Å². The number of esters is 1. The van der Waals surface area contributed by atoms with Crippen LogP contribution in [-0.4, -0.2) is 83.6 Å². The molecular formula is C51H62FN3O9. The second-order valence-corrected chi connectivity index (χ2v) is 17.5. The third-order valence-corrected chi connectivity index (χ3v) is 10.9. The van der Waals surface area contributed by atoms with Crippen LogP contribution in [0.4, 0.5) is 14.0 Å². The van der Waals surface area contributed by atoms with Crippen LogP contribution in [0.5, 0.6) is 5.75 Å². The van der Waals surface area contributed by atoms with Gasteiger partial charge in [-0.2, -0.15) is 0 Å². The number of nitrogens with one attached hydrogen (secondary N) is 1. The molecule has 342 valence electrons. The summed E-state index contributed by atoms with van der Waals surface area (Å²) in [5.74, 6) is -2.27. The molecule has 1 fully saturated rings. The fourth-order valence-corrected chi connectivity index (χ4v) is 7.24. The first kappa shape index (κ1) is 48.8. The number of carbonyl (C=O) groups excluding carboxylic acids is 5. The number of ether oxygens (including phenoxy) is 4. The highest BCUT2D eigenvalue weighted by molar-refractivity contribution is 5.93. The number of rotatable bonds is 22. The van der Waals surface area contributed by atoms with Crippen LogP contribution in [0, 0.1) is 17.7 Å². The van der Waals surface area contributed by atoms with Gasteiger partial charge in [0, 0.05) is 20.0 Å². The van der Waals surface area contributed by atoms with Crippen molar-refractivity contribution in [3.05, 3.63) is 137 Å². The topological polar surface area (TPSA) is 141 Å². The lowest BCUT2D eigenvalue weighted by Gasteiger charge is -2.37. The SMILES string of the molecule is C[C@H](CN(C(=O)OC(C)(C)C)[C@H](C(=O)N(C)[C@H](C)C(=O)C[C@H](Cc1ccc(F)cc1)C(=O)OCc1ccccc1)C1CC1)Oc1ccccc1CCCNC(=O)OCc1ccccc1. The number of hydrogen-bond donors (Lipinski definition) is 1. The van der Waals surface area contributed by atoms with Gasteiger partial charge >= 0.3 is 18.2 Å². The van der Waals surface area contributed by atoms with Crippen molar-refractivity contribution in [1.82, 2.24) is 15.1 Å². The van der Waals surface area contributed by atoms with Crippen LogP contribution in [-0.2, 0) is 54.6 Å². The zero-order valence-corrected chi connectivity index (χ0v) is 37.8. The number of para-hydroxylation sites is 1. The molecule has 1 saturated carbocycles. The summed E-state index contributed by atoms with van der Waals surface area (Å²) >= 11 is 0. The lowest BCUT2D eigenvalue weighted by molar-refractivity contribution is -0.152. The number of aryl methyl sites for hydroxylation is 1. The molecule has 0 bridgehead atoms. The molecule has 1 N–H and O–H groups in total. The van der Waals surface area contributed by atoms with Gasteiger partial charge in [0.2, 0.25) is 5.91 Å². The number of alkyl carbamates (subject to hydrolysis) is 1. The van der Waals surface area contributed by atoms with Gasteiger partial charge in [0.1, 0.15) is 42.5 Å². The Morgan fingerprint density at radius 1 is 0.781 bits per heavy atom. The summed E-state index contributed by atoms with van der Waals surface area (Å²) in [7, 11) is 1.53. The molecule has 4 atom stereocenters. The highest BCUT2D eigenvalue weighted by atomic mass is 19.1. The average molecular weight is 880 g/mol. The van der Waals surface area contributed by atoms with Gasteiger partial charge in [0.05, 0.1) is 18.5 Å². The number of benzene rings is 4. The van der Waals surface area contributed by atoms with E-state index in [4.69, 9.17) is 18.9 Å². The van der Waals surface area contributed by atoms with Crippen LogP contribution in [0.3, 0.4) is 0 Å². The minimum Gasteiger partial charge on any atom is -0.489 e. The minimum atomic E-state index is -0.965. The summed E-state index contributed by atoms with van der Waals surface area (Å²) in [4.78, 5) is 71.3. The predicted octanol–water partition coefficient (Wildman–Crippen LogP) is 8.88. The second-order valence-electron chi connectivity index (χ2n) is 17.5. The maximum Gasteiger partial charge on any atom is 0.411 e. The average Bonchev–Trinajstić information content (AvgIpc) is 4.12. The van der Waals surface area contributed by atoms with Gasteiger partial charge in [-0.3, -0.25) is 19.3 Å². The summed E-state index contributed by atoms with van der Waals surface area (Å²) in [6.07, 6.45) is 0.728. The number of ketones is 1. The Labute approximate surface area is 376 Å². The van der Waals surface area contributed by atoms with E-state index in [1.165, 1.54) is 29.0 Å². The molecule has 0 heterocycles. The lowest BCUT2D eigenvalue weighted by atomic mass is 9.92. The molecule has 12 nitrogen and oxygen atoms in total. The Hall–Kier alpha value is -6.24. The van der Waals surface area contributed by atoms with Gasteiger partial charge in [-0.25, -0.2) is 14.0 Å². The molecule has 13 heteroatoms. The quantitative estimate of drug-likeness (QED) is 0.0466. The van der Waals surface area contributed by atoms with Crippen molar-refractivity contribution in [2.24, 2.45) is 11.8 Å². The van der Waals surface area contributed by atoms with E-state index in [0.717, 1.165) is 16.7 Å². The van der Waals surface area contributed by atoms with Gasteiger partial charge in [-0.15, -0.1) is 0 Å². The molecule has 4 aromatic carbocycles. The highest BCUT2D eigenvalue weighted by Gasteiger charge is 2.46. The molecule has 0 saturated heterocycles. The Morgan fingerprint density at radius 2 is 1.38 bits per heavy atom. The van der Waals surface area contributed by atoms with Crippen molar-refractivity contribution >= 4 is 29.8 Å². The van der Waals surface area contributed by atoms with E-state index in [9.17, 15) is 28.4 Å². The molecule has 1 aliphatic carbocycles. The summed E-state index contributed by atoms with van der Waals surface area (Å²) in [5.41, 5.74) is 2.38. The molecule has 1 aliphatic rings. The lowest BCUT2D eigenvalue weighted by Crippen LogP contribution is -2.56. The van der Waals surface area contributed by atoms with Crippen LogP contribution >= 0.6 is 0 Å². The molecule has 0 unspecified atom stereocenters. The van der Waals surface area contributed by atoms with E-state index in [-0.39, 0.29) is 44.3 Å². The van der Waals surface area contributed by atoms with Crippen LogP contribution in [0.15, 0.2) is 109 Å². The van der Waals surface area contributed by atoms with E-state index < -0.39 is 59.6 Å². The number of amides is 3. The van der Waals surface area contributed by atoms with Crippen molar-refractivity contribution < 1.29 is 47.3 Å². The molecule has 4 aromatic rings. The van der Waals surface area contributed by atoms with Crippen molar-refractivity contribution in [2.75, 3.05) is 20.1 Å². The zero-order chi connectivity index (χ0) is 46.2. The van der Waals surface area contributed by atoms with Gasteiger partial charge < -0.3 is 29.2 Å². The van der Waals surface area contributed by atoms with Gasteiger partial charge in [-0.05, 0) is 113 Å². The van der Waals surface area contributed by atoms with E-state index in [1.54, 1.807) is 39.8 Å². The van der Waals surface area contributed by atoms with Crippen LogP contribution < -0.4 is 10.1 Å². The van der Waals surface area contributed by atoms with Crippen molar-refractivity contribution in [3.8, 4) is 5.75 Å². The van der Waals surface area contributed by atoms with Crippen LogP contribution in [0.1, 0.15) is 82.6 Å². The van der Waals surface area contributed by atoms with E-state index >= 15 is 0 Å². The fourth-order valence-electron chi connectivity index (χ4n) is 7.24. The van der Waals surface area contributed by atoms with Crippen molar-refractivity contribution in [3.63, 3.8) is 0 Å². The number of halogens is 1.